The number of hydrogen-bond donors (Lipinski definition) is 1. The minimum absolute atomic E-state index is 0.259. The molecule has 1 aromatic rings. The average Bonchev–Trinajstić information content (AvgIpc) is 1.99. The zero-order valence-electron chi connectivity index (χ0n) is 8.81. The Balaban J connectivity index is 3.21. The lowest BCUT2D eigenvalue weighted by atomic mass is 9.88. The van der Waals surface area contributed by atoms with Gasteiger partial charge in [0.15, 0.2) is 5.69 Å². The van der Waals surface area contributed by atoms with Gasteiger partial charge in [0.2, 0.25) is 0 Å². The Morgan fingerprint density at radius 1 is 1.20 bits per heavy atom. The maximum absolute atomic E-state index is 12.3. The maximum atomic E-state index is 12.3. The normalized spacial score (nSPS) is 12.9. The van der Waals surface area contributed by atoms with E-state index in [1.165, 1.54) is 12.3 Å². The molecular formula is C10H13F3N2. The minimum atomic E-state index is -4.49. The molecule has 0 aromatic carbocycles. The largest absolute Gasteiger partial charge is 0.435 e. The highest BCUT2D eigenvalue weighted by atomic mass is 19.4. The van der Waals surface area contributed by atoms with Gasteiger partial charge in [-0.2, -0.15) is 13.2 Å². The number of nitrogens with zero attached hydrogens (tertiary/aromatic N) is 1. The molecule has 0 saturated heterocycles. The molecule has 5 heteroatoms. The SMILES string of the molecule is CC(C)(C)c1cnc(C(F)(F)F)c(N)c1. The second kappa shape index (κ2) is 3.40. The fraction of sp³-hybridized carbons (Fsp3) is 0.500. The molecule has 84 valence electrons. The van der Waals surface area contributed by atoms with Crippen molar-refractivity contribution in [2.75, 3.05) is 5.73 Å². The number of anilines is 1. The molecule has 0 saturated carbocycles. The van der Waals surface area contributed by atoms with Gasteiger partial charge in [0.05, 0.1) is 5.69 Å². The average molecular weight is 218 g/mol. The van der Waals surface area contributed by atoms with Gasteiger partial charge in [-0.1, -0.05) is 20.8 Å². The molecule has 0 bridgehead atoms. The van der Waals surface area contributed by atoms with Crippen molar-refractivity contribution in [2.24, 2.45) is 0 Å². The highest BCUT2D eigenvalue weighted by Gasteiger charge is 2.35. The summed E-state index contributed by atoms with van der Waals surface area (Å²) in [7, 11) is 0. The van der Waals surface area contributed by atoms with Gasteiger partial charge in [0, 0.05) is 6.20 Å². The molecular weight excluding hydrogens is 205 g/mol. The molecule has 0 radical (unpaired) electrons. The van der Waals surface area contributed by atoms with Crippen molar-refractivity contribution < 1.29 is 13.2 Å². The topological polar surface area (TPSA) is 38.9 Å². The lowest BCUT2D eigenvalue weighted by Crippen LogP contribution is -2.16. The Morgan fingerprint density at radius 3 is 2.07 bits per heavy atom. The van der Waals surface area contributed by atoms with E-state index in [0.717, 1.165) is 0 Å². The van der Waals surface area contributed by atoms with Crippen LogP contribution in [0.3, 0.4) is 0 Å². The predicted octanol–water partition coefficient (Wildman–Crippen LogP) is 2.98. The van der Waals surface area contributed by atoms with E-state index in [9.17, 15) is 13.2 Å². The third-order valence-electron chi connectivity index (χ3n) is 2.05. The van der Waals surface area contributed by atoms with Crippen LogP contribution in [-0.4, -0.2) is 4.98 Å². The highest BCUT2D eigenvalue weighted by molar-refractivity contribution is 5.47. The standard InChI is InChI=1S/C10H13F3N2/c1-9(2,3)6-4-7(14)8(15-5-6)10(11,12)13/h4-5H,14H2,1-3H3. The molecule has 15 heavy (non-hydrogen) atoms. The molecule has 0 aliphatic heterocycles. The predicted molar refractivity (Wildman–Crippen MR) is 52.4 cm³/mol. The fourth-order valence-electron chi connectivity index (χ4n) is 1.13. The van der Waals surface area contributed by atoms with Gasteiger partial charge >= 0.3 is 6.18 Å². The summed E-state index contributed by atoms with van der Waals surface area (Å²) in [6, 6.07) is 1.33. The second-order valence-corrected chi connectivity index (χ2v) is 4.41. The van der Waals surface area contributed by atoms with Crippen LogP contribution in [0.2, 0.25) is 0 Å². The molecule has 2 nitrogen and oxygen atoms in total. The molecule has 0 unspecified atom stereocenters. The van der Waals surface area contributed by atoms with Crippen LogP contribution < -0.4 is 5.73 Å². The molecule has 0 atom stereocenters. The summed E-state index contributed by atoms with van der Waals surface area (Å²) >= 11 is 0. The van der Waals surface area contributed by atoms with Gasteiger partial charge in [-0.05, 0) is 17.0 Å². The van der Waals surface area contributed by atoms with E-state index in [0.29, 0.717) is 5.56 Å². The Kier molecular flexibility index (Phi) is 2.67. The Labute approximate surface area is 86.3 Å². The lowest BCUT2D eigenvalue weighted by Gasteiger charge is -2.20. The number of halogens is 3. The molecule has 0 aliphatic rings. The van der Waals surface area contributed by atoms with E-state index in [1.807, 2.05) is 20.8 Å². The van der Waals surface area contributed by atoms with Crippen molar-refractivity contribution in [2.45, 2.75) is 32.4 Å². The van der Waals surface area contributed by atoms with Crippen LogP contribution in [0, 0.1) is 0 Å². The van der Waals surface area contributed by atoms with Crippen LogP contribution in [0.5, 0.6) is 0 Å². The van der Waals surface area contributed by atoms with Crippen molar-refractivity contribution in [1.82, 2.24) is 4.98 Å². The third-order valence-corrected chi connectivity index (χ3v) is 2.05. The Hall–Kier alpha value is -1.26. The van der Waals surface area contributed by atoms with Crippen LogP contribution >= 0.6 is 0 Å². The summed E-state index contributed by atoms with van der Waals surface area (Å²) in [5.74, 6) is 0. The number of pyridine rings is 1. The zero-order valence-corrected chi connectivity index (χ0v) is 8.81. The van der Waals surface area contributed by atoms with E-state index in [2.05, 4.69) is 4.98 Å². The summed E-state index contributed by atoms with van der Waals surface area (Å²) in [4.78, 5) is 3.37. The van der Waals surface area contributed by atoms with E-state index in [1.54, 1.807) is 0 Å². The van der Waals surface area contributed by atoms with Crippen LogP contribution in [0.15, 0.2) is 12.3 Å². The number of hydrogen-bond acceptors (Lipinski definition) is 2. The first kappa shape index (κ1) is 11.8. The quantitative estimate of drug-likeness (QED) is 0.727. The summed E-state index contributed by atoms with van der Waals surface area (Å²) in [6.07, 6.45) is -3.26. The number of alkyl halides is 3. The number of nitrogens with two attached hydrogens (primary N) is 1. The Morgan fingerprint density at radius 2 is 1.73 bits per heavy atom. The summed E-state index contributed by atoms with van der Waals surface area (Å²) in [6.45, 7) is 5.66. The van der Waals surface area contributed by atoms with Crippen LogP contribution in [0.25, 0.3) is 0 Å². The first-order valence-electron chi connectivity index (χ1n) is 4.45. The number of nitrogen functional groups attached to an aromatic ring is 1. The van der Waals surface area contributed by atoms with Gasteiger partial charge in [-0.25, -0.2) is 4.98 Å². The molecule has 0 amide bonds. The summed E-state index contributed by atoms with van der Waals surface area (Å²) in [5, 5.41) is 0. The van der Waals surface area contributed by atoms with Crippen molar-refractivity contribution in [3.63, 3.8) is 0 Å². The van der Waals surface area contributed by atoms with Crippen molar-refractivity contribution in [1.29, 1.82) is 0 Å². The summed E-state index contributed by atoms with van der Waals surface area (Å²) in [5.41, 5.74) is 4.41. The van der Waals surface area contributed by atoms with E-state index < -0.39 is 11.9 Å². The van der Waals surface area contributed by atoms with Crippen molar-refractivity contribution in [3.8, 4) is 0 Å². The van der Waals surface area contributed by atoms with Gasteiger partial charge in [-0.15, -0.1) is 0 Å². The monoisotopic (exact) mass is 218 g/mol. The highest BCUT2D eigenvalue weighted by Crippen LogP contribution is 2.33. The minimum Gasteiger partial charge on any atom is -0.397 e. The van der Waals surface area contributed by atoms with Gasteiger partial charge < -0.3 is 5.73 Å². The molecule has 1 aromatic heterocycles. The zero-order chi connectivity index (χ0) is 11.9. The van der Waals surface area contributed by atoms with Gasteiger partial charge in [0.25, 0.3) is 0 Å². The molecule has 2 N–H and O–H groups in total. The molecule has 0 fully saturated rings. The van der Waals surface area contributed by atoms with E-state index in [4.69, 9.17) is 5.73 Å². The second-order valence-electron chi connectivity index (χ2n) is 4.41. The Bertz CT molecular complexity index is 364. The fourth-order valence-corrected chi connectivity index (χ4v) is 1.13. The van der Waals surface area contributed by atoms with Crippen LogP contribution in [0.1, 0.15) is 32.0 Å². The summed E-state index contributed by atoms with van der Waals surface area (Å²) < 4.78 is 37.0. The van der Waals surface area contributed by atoms with Crippen LogP contribution in [0.4, 0.5) is 18.9 Å². The maximum Gasteiger partial charge on any atom is 0.435 e. The smallest absolute Gasteiger partial charge is 0.397 e. The van der Waals surface area contributed by atoms with Gasteiger partial charge in [-0.3, -0.25) is 0 Å². The first-order valence-corrected chi connectivity index (χ1v) is 4.45. The molecule has 0 spiro atoms. The number of rotatable bonds is 0. The molecule has 1 heterocycles. The lowest BCUT2D eigenvalue weighted by molar-refractivity contribution is -0.140. The molecule has 1 rings (SSSR count). The molecule has 0 aliphatic carbocycles. The van der Waals surface area contributed by atoms with Crippen molar-refractivity contribution >= 4 is 5.69 Å². The first-order chi connectivity index (χ1) is 6.62. The van der Waals surface area contributed by atoms with E-state index in [-0.39, 0.29) is 11.1 Å². The van der Waals surface area contributed by atoms with E-state index >= 15 is 0 Å². The van der Waals surface area contributed by atoms with Gasteiger partial charge in [0.1, 0.15) is 0 Å². The van der Waals surface area contributed by atoms with Crippen LogP contribution in [-0.2, 0) is 11.6 Å². The van der Waals surface area contributed by atoms with Crippen molar-refractivity contribution in [3.05, 3.63) is 23.5 Å². The third kappa shape index (κ3) is 2.61. The number of aromatic nitrogens is 1.